The predicted octanol–water partition coefficient (Wildman–Crippen LogP) is 4.85. The number of ether oxygens (including phenoxy) is 1. The Labute approximate surface area is 143 Å². The number of methoxy groups -OCH3 is 1. The number of imidazole rings is 1. The first-order chi connectivity index (χ1) is 11.8. The van der Waals surface area contributed by atoms with E-state index in [0.29, 0.717) is 0 Å². The number of aliphatic imine (C=N–C) groups is 1. The van der Waals surface area contributed by atoms with Gasteiger partial charge in [0.05, 0.1) is 29.5 Å². The molecule has 0 aliphatic carbocycles. The van der Waals surface area contributed by atoms with Crippen LogP contribution in [0.1, 0.15) is 4.88 Å². The first-order valence-corrected chi connectivity index (χ1v) is 8.41. The zero-order valence-corrected chi connectivity index (χ0v) is 13.9. The zero-order valence-electron chi connectivity index (χ0n) is 13.1. The third-order valence-corrected chi connectivity index (χ3v) is 4.57. The molecule has 0 aliphatic rings. The van der Waals surface area contributed by atoms with Crippen molar-refractivity contribution in [3.63, 3.8) is 0 Å². The molecule has 0 bridgehead atoms. The molecule has 0 aliphatic heterocycles. The van der Waals surface area contributed by atoms with Crippen LogP contribution in [0.15, 0.2) is 71.3 Å². The maximum atomic E-state index is 5.45. The van der Waals surface area contributed by atoms with Gasteiger partial charge in [-0.1, -0.05) is 18.2 Å². The van der Waals surface area contributed by atoms with Crippen molar-refractivity contribution >= 4 is 34.3 Å². The second kappa shape index (κ2) is 6.29. The van der Waals surface area contributed by atoms with Crippen molar-refractivity contribution in [1.29, 1.82) is 0 Å². The standard InChI is InChI=1S/C19H15N3OS/c1-23-19-7-3-2-6-18(19)22-13-21-16-11-14(8-9-17(16)22)20-12-15-5-4-10-24-15/h2-13H,1H3. The van der Waals surface area contributed by atoms with Gasteiger partial charge in [-0.2, -0.15) is 0 Å². The van der Waals surface area contributed by atoms with Crippen LogP contribution in [0.4, 0.5) is 5.69 Å². The Morgan fingerprint density at radius 1 is 1.12 bits per heavy atom. The SMILES string of the molecule is COc1ccccc1-n1cnc2cc(N=Cc3cccs3)ccc21. The molecule has 118 valence electrons. The van der Waals surface area contributed by atoms with Crippen molar-refractivity contribution in [2.24, 2.45) is 4.99 Å². The van der Waals surface area contributed by atoms with E-state index >= 15 is 0 Å². The highest BCUT2D eigenvalue weighted by molar-refractivity contribution is 7.11. The summed E-state index contributed by atoms with van der Waals surface area (Å²) in [6.07, 6.45) is 3.69. The Morgan fingerprint density at radius 2 is 2.04 bits per heavy atom. The molecule has 4 nitrogen and oxygen atoms in total. The van der Waals surface area contributed by atoms with Crippen LogP contribution < -0.4 is 4.74 Å². The summed E-state index contributed by atoms with van der Waals surface area (Å²) in [7, 11) is 1.68. The molecule has 0 radical (unpaired) electrons. The van der Waals surface area contributed by atoms with Gasteiger partial charge in [0.2, 0.25) is 0 Å². The molecule has 0 saturated carbocycles. The number of fused-ring (bicyclic) bond motifs is 1. The van der Waals surface area contributed by atoms with E-state index in [1.807, 2.05) is 77.1 Å². The lowest BCUT2D eigenvalue weighted by Gasteiger charge is -2.09. The normalized spacial score (nSPS) is 11.4. The van der Waals surface area contributed by atoms with Crippen LogP contribution in [0.3, 0.4) is 0 Å². The van der Waals surface area contributed by atoms with Crippen LogP contribution in [0.2, 0.25) is 0 Å². The number of hydrogen-bond acceptors (Lipinski definition) is 4. The number of thiophene rings is 1. The van der Waals surface area contributed by atoms with Crippen LogP contribution in [0, 0.1) is 0 Å². The smallest absolute Gasteiger partial charge is 0.142 e. The summed E-state index contributed by atoms with van der Waals surface area (Å²) in [6.45, 7) is 0. The minimum absolute atomic E-state index is 0.816. The molecular formula is C19H15N3OS. The van der Waals surface area contributed by atoms with Crippen molar-refractivity contribution in [2.45, 2.75) is 0 Å². The summed E-state index contributed by atoms with van der Waals surface area (Å²) in [5, 5.41) is 2.04. The fraction of sp³-hybridized carbons (Fsp3) is 0.0526. The summed E-state index contributed by atoms with van der Waals surface area (Å²) >= 11 is 1.67. The van der Waals surface area contributed by atoms with Crippen LogP contribution in [-0.2, 0) is 0 Å². The highest BCUT2D eigenvalue weighted by Crippen LogP contribution is 2.28. The maximum Gasteiger partial charge on any atom is 0.142 e. The van der Waals surface area contributed by atoms with Gasteiger partial charge in [-0.15, -0.1) is 11.3 Å². The van der Waals surface area contributed by atoms with Gasteiger partial charge in [0.25, 0.3) is 0 Å². The van der Waals surface area contributed by atoms with Gasteiger partial charge in [-0.25, -0.2) is 4.98 Å². The minimum Gasteiger partial charge on any atom is -0.495 e. The summed E-state index contributed by atoms with van der Waals surface area (Å²) in [6, 6.07) is 18.0. The van der Waals surface area contributed by atoms with E-state index < -0.39 is 0 Å². The van der Waals surface area contributed by atoms with Crippen LogP contribution in [-0.4, -0.2) is 22.9 Å². The molecule has 2 heterocycles. The molecule has 2 aromatic carbocycles. The van der Waals surface area contributed by atoms with E-state index in [0.717, 1.165) is 33.0 Å². The van der Waals surface area contributed by atoms with Gasteiger partial charge >= 0.3 is 0 Å². The summed E-state index contributed by atoms with van der Waals surface area (Å²) < 4.78 is 7.48. The van der Waals surface area contributed by atoms with Crippen molar-refractivity contribution in [3.05, 3.63) is 71.2 Å². The molecule has 24 heavy (non-hydrogen) atoms. The largest absolute Gasteiger partial charge is 0.495 e. The Bertz CT molecular complexity index is 1000. The number of rotatable bonds is 4. The molecule has 0 unspecified atom stereocenters. The zero-order chi connectivity index (χ0) is 16.4. The fourth-order valence-electron chi connectivity index (χ4n) is 2.61. The second-order valence-corrected chi connectivity index (χ2v) is 6.21. The molecular weight excluding hydrogens is 318 g/mol. The quantitative estimate of drug-likeness (QED) is 0.501. The average molecular weight is 333 g/mol. The second-order valence-electron chi connectivity index (χ2n) is 5.23. The maximum absolute atomic E-state index is 5.45. The van der Waals surface area contributed by atoms with Crippen LogP contribution >= 0.6 is 11.3 Å². The lowest BCUT2D eigenvalue weighted by atomic mass is 10.2. The van der Waals surface area contributed by atoms with E-state index in [1.54, 1.807) is 18.4 Å². The van der Waals surface area contributed by atoms with Crippen molar-refractivity contribution in [3.8, 4) is 11.4 Å². The molecule has 0 fully saturated rings. The summed E-state index contributed by atoms with van der Waals surface area (Å²) in [5.41, 5.74) is 3.79. The molecule has 0 N–H and O–H groups in total. The highest BCUT2D eigenvalue weighted by atomic mass is 32.1. The van der Waals surface area contributed by atoms with Crippen LogP contribution in [0.5, 0.6) is 5.75 Å². The molecule has 2 aromatic heterocycles. The van der Waals surface area contributed by atoms with Crippen molar-refractivity contribution in [2.75, 3.05) is 7.11 Å². The predicted molar refractivity (Wildman–Crippen MR) is 99.2 cm³/mol. The van der Waals surface area contributed by atoms with Gasteiger partial charge in [0, 0.05) is 11.1 Å². The van der Waals surface area contributed by atoms with Gasteiger partial charge in [0.15, 0.2) is 0 Å². The topological polar surface area (TPSA) is 39.4 Å². The highest BCUT2D eigenvalue weighted by Gasteiger charge is 2.09. The number of benzene rings is 2. The number of hydrogen-bond donors (Lipinski definition) is 0. The lowest BCUT2D eigenvalue weighted by molar-refractivity contribution is 0.413. The van der Waals surface area contributed by atoms with Crippen molar-refractivity contribution in [1.82, 2.24) is 9.55 Å². The van der Waals surface area contributed by atoms with Crippen LogP contribution in [0.25, 0.3) is 16.7 Å². The first-order valence-electron chi connectivity index (χ1n) is 7.53. The number of para-hydroxylation sites is 2. The molecule has 4 aromatic rings. The lowest BCUT2D eigenvalue weighted by Crippen LogP contribution is -1.96. The molecule has 0 amide bonds. The third kappa shape index (κ3) is 2.70. The van der Waals surface area contributed by atoms with Gasteiger partial charge < -0.3 is 4.74 Å². The Balaban J connectivity index is 1.73. The number of nitrogens with zero attached hydrogens (tertiary/aromatic N) is 3. The minimum atomic E-state index is 0.816. The Morgan fingerprint density at radius 3 is 2.88 bits per heavy atom. The van der Waals surface area contributed by atoms with E-state index in [2.05, 4.69) is 9.98 Å². The molecule has 4 rings (SSSR count). The van der Waals surface area contributed by atoms with Gasteiger partial charge in [0.1, 0.15) is 12.1 Å². The Hall–Kier alpha value is -2.92. The Kier molecular flexibility index (Phi) is 3.84. The average Bonchev–Trinajstić information content (AvgIpc) is 3.29. The van der Waals surface area contributed by atoms with Crippen molar-refractivity contribution < 1.29 is 4.74 Å². The fourth-order valence-corrected chi connectivity index (χ4v) is 3.19. The van der Waals surface area contributed by atoms with Gasteiger partial charge in [-0.05, 0) is 41.8 Å². The van der Waals surface area contributed by atoms with E-state index in [4.69, 9.17) is 4.74 Å². The molecule has 0 atom stereocenters. The molecule has 0 saturated heterocycles. The van der Waals surface area contributed by atoms with Gasteiger partial charge in [-0.3, -0.25) is 9.56 Å². The third-order valence-electron chi connectivity index (χ3n) is 3.76. The molecule has 5 heteroatoms. The molecule has 0 spiro atoms. The number of aromatic nitrogens is 2. The monoisotopic (exact) mass is 333 g/mol. The van der Waals surface area contributed by atoms with E-state index in [9.17, 15) is 0 Å². The van der Waals surface area contributed by atoms with E-state index in [-0.39, 0.29) is 0 Å². The first kappa shape index (κ1) is 14.7. The summed E-state index contributed by atoms with van der Waals surface area (Å²) in [4.78, 5) is 10.2. The summed E-state index contributed by atoms with van der Waals surface area (Å²) in [5.74, 6) is 0.816. The van der Waals surface area contributed by atoms with E-state index in [1.165, 1.54) is 0 Å².